The Morgan fingerprint density at radius 1 is 1.00 bits per heavy atom. The minimum Gasteiger partial charge on any atom is -0.369 e. The van der Waals surface area contributed by atoms with Gasteiger partial charge >= 0.3 is 12.4 Å². The fraction of sp³-hybridized carbons (Fsp3) is 0.520. The third-order valence-corrected chi connectivity index (χ3v) is 7.18. The number of hydrogen-bond acceptors (Lipinski definition) is 4. The highest BCUT2D eigenvalue weighted by Crippen LogP contribution is 2.38. The third-order valence-electron chi connectivity index (χ3n) is 6.49. The van der Waals surface area contributed by atoms with E-state index >= 15 is 0 Å². The van der Waals surface area contributed by atoms with E-state index in [1.54, 1.807) is 19.2 Å². The largest absolute Gasteiger partial charge is 0.417 e. The first kappa shape index (κ1) is 28.7. The molecular weight excluding hydrogens is 550 g/mol. The lowest BCUT2D eigenvalue weighted by Gasteiger charge is -2.41. The highest BCUT2D eigenvalue weighted by molar-refractivity contribution is 9.10. The van der Waals surface area contributed by atoms with E-state index in [1.807, 2.05) is 35.7 Å². The Labute approximate surface area is 216 Å². The Bertz CT molecular complexity index is 1040. The first-order valence-electron chi connectivity index (χ1n) is 11.6. The van der Waals surface area contributed by atoms with Crippen molar-refractivity contribution in [3.05, 3.63) is 63.1 Å². The molecular formula is C25H31BrF6N4. The number of nitrogens with one attached hydrogen (secondary N) is 1. The lowest BCUT2D eigenvalue weighted by atomic mass is 9.97. The van der Waals surface area contributed by atoms with Crippen molar-refractivity contribution in [1.29, 1.82) is 0 Å². The minimum atomic E-state index is -4.49. The summed E-state index contributed by atoms with van der Waals surface area (Å²) in [4.78, 5) is 5.76. The van der Waals surface area contributed by atoms with E-state index in [0.29, 0.717) is 31.9 Å². The van der Waals surface area contributed by atoms with Gasteiger partial charge < -0.3 is 15.1 Å². The van der Waals surface area contributed by atoms with E-state index in [4.69, 9.17) is 0 Å². The van der Waals surface area contributed by atoms with Crippen LogP contribution < -0.4 is 10.2 Å². The van der Waals surface area contributed by atoms with E-state index < -0.39 is 23.5 Å². The highest BCUT2D eigenvalue weighted by atomic mass is 79.9. The van der Waals surface area contributed by atoms with Crippen molar-refractivity contribution in [2.75, 3.05) is 52.2 Å². The Morgan fingerprint density at radius 3 is 2.22 bits per heavy atom. The van der Waals surface area contributed by atoms with Gasteiger partial charge in [0, 0.05) is 55.0 Å². The summed E-state index contributed by atoms with van der Waals surface area (Å²) < 4.78 is 81.5. The smallest absolute Gasteiger partial charge is 0.369 e. The molecule has 1 heterocycles. The van der Waals surface area contributed by atoms with E-state index in [1.165, 1.54) is 12.1 Å². The Kier molecular flexibility index (Phi) is 9.01. The molecule has 0 spiro atoms. The summed E-state index contributed by atoms with van der Waals surface area (Å²) in [5, 5.41) is 3.16. The van der Waals surface area contributed by atoms with Crippen LogP contribution in [-0.4, -0.2) is 63.2 Å². The van der Waals surface area contributed by atoms with Gasteiger partial charge in [-0.3, -0.25) is 4.90 Å². The number of likely N-dealkylation sites (N-methyl/N-ethyl adjacent to an activating group) is 2. The summed E-state index contributed by atoms with van der Waals surface area (Å²) in [5.41, 5.74) is -0.00488. The van der Waals surface area contributed by atoms with Gasteiger partial charge in [-0.25, -0.2) is 0 Å². The number of nitrogens with zero attached hydrogens (tertiary/aromatic N) is 3. The van der Waals surface area contributed by atoms with Gasteiger partial charge in [-0.05, 0) is 63.5 Å². The van der Waals surface area contributed by atoms with Gasteiger partial charge in [-0.2, -0.15) is 26.3 Å². The zero-order chi connectivity index (χ0) is 26.8. The van der Waals surface area contributed by atoms with Crippen LogP contribution in [0.5, 0.6) is 0 Å². The van der Waals surface area contributed by atoms with Crippen LogP contribution in [0.1, 0.15) is 35.2 Å². The van der Waals surface area contributed by atoms with Gasteiger partial charge in [0.1, 0.15) is 0 Å². The van der Waals surface area contributed by atoms with Crippen LogP contribution in [0.15, 0.2) is 40.9 Å². The third kappa shape index (κ3) is 6.93. The predicted molar refractivity (Wildman–Crippen MR) is 133 cm³/mol. The maximum absolute atomic E-state index is 13.8. The number of rotatable bonds is 7. The van der Waals surface area contributed by atoms with Gasteiger partial charge in [0.15, 0.2) is 0 Å². The van der Waals surface area contributed by atoms with Gasteiger partial charge in [-0.1, -0.05) is 28.1 Å². The molecule has 200 valence electrons. The van der Waals surface area contributed by atoms with Crippen molar-refractivity contribution in [1.82, 2.24) is 15.1 Å². The second-order valence-electron chi connectivity index (χ2n) is 9.45. The molecule has 0 aromatic heterocycles. The molecule has 1 aliphatic heterocycles. The van der Waals surface area contributed by atoms with Crippen molar-refractivity contribution in [2.45, 2.75) is 37.9 Å². The number of hydrogen-bond donors (Lipinski definition) is 1. The normalized spacial score (nSPS) is 18.7. The SMILES string of the molecule is CNC(CN(C)C)c1ccc(C(F)(F)F)c(CN2CCN(c3ccc(Br)c(C(F)(F)F)c3)CC2C)c1. The van der Waals surface area contributed by atoms with Crippen LogP contribution >= 0.6 is 15.9 Å². The van der Waals surface area contributed by atoms with E-state index in [0.717, 1.165) is 17.7 Å². The molecule has 2 aromatic rings. The molecule has 4 nitrogen and oxygen atoms in total. The number of benzene rings is 2. The zero-order valence-electron chi connectivity index (χ0n) is 20.6. The Hall–Kier alpha value is -1.82. The maximum Gasteiger partial charge on any atom is 0.417 e. The summed E-state index contributed by atoms with van der Waals surface area (Å²) in [5.74, 6) is 0. The van der Waals surface area contributed by atoms with Crippen LogP contribution in [0.25, 0.3) is 0 Å². The summed E-state index contributed by atoms with van der Waals surface area (Å²) in [7, 11) is 5.58. The van der Waals surface area contributed by atoms with Crippen LogP contribution in [0.2, 0.25) is 0 Å². The van der Waals surface area contributed by atoms with Gasteiger partial charge in [0.2, 0.25) is 0 Å². The number of halogens is 7. The standard InChI is InChI=1S/C25H31BrF6N4/c1-16-13-36(19-6-8-22(26)21(12-19)25(30,31)32)10-9-35(16)14-18-11-17(23(33-2)15-34(3)4)5-7-20(18)24(27,28)29/h5-8,11-12,16,23,33H,9-10,13-15H2,1-4H3. The van der Waals surface area contributed by atoms with Crippen molar-refractivity contribution < 1.29 is 26.3 Å². The minimum absolute atomic E-state index is 0.0286. The molecule has 1 aliphatic rings. The number of anilines is 1. The average molecular weight is 581 g/mol. The lowest BCUT2D eigenvalue weighted by molar-refractivity contribution is -0.139. The summed E-state index contributed by atoms with van der Waals surface area (Å²) in [6, 6.07) is 8.10. The molecule has 0 radical (unpaired) electrons. The van der Waals surface area contributed by atoms with Crippen molar-refractivity contribution in [3.8, 4) is 0 Å². The van der Waals surface area contributed by atoms with Gasteiger partial charge in [-0.15, -0.1) is 0 Å². The molecule has 2 aromatic carbocycles. The van der Waals surface area contributed by atoms with E-state index in [9.17, 15) is 26.3 Å². The molecule has 1 saturated heterocycles. The average Bonchev–Trinajstić information content (AvgIpc) is 2.77. The number of piperazine rings is 1. The second kappa shape index (κ2) is 11.3. The first-order chi connectivity index (χ1) is 16.7. The first-order valence-corrected chi connectivity index (χ1v) is 12.4. The fourth-order valence-electron chi connectivity index (χ4n) is 4.58. The molecule has 1 N–H and O–H groups in total. The molecule has 0 bridgehead atoms. The molecule has 36 heavy (non-hydrogen) atoms. The topological polar surface area (TPSA) is 21.8 Å². The summed E-state index contributed by atoms with van der Waals surface area (Å²) in [6.07, 6.45) is -8.97. The Balaban J connectivity index is 1.82. The maximum atomic E-state index is 13.8. The second-order valence-corrected chi connectivity index (χ2v) is 10.3. The molecule has 2 unspecified atom stereocenters. The van der Waals surface area contributed by atoms with Gasteiger partial charge in [0.25, 0.3) is 0 Å². The fourth-order valence-corrected chi connectivity index (χ4v) is 5.05. The molecule has 11 heteroatoms. The van der Waals surface area contributed by atoms with Crippen LogP contribution in [0.4, 0.5) is 32.0 Å². The van der Waals surface area contributed by atoms with Gasteiger partial charge in [0.05, 0.1) is 11.1 Å². The number of alkyl halides is 6. The quantitative estimate of drug-likeness (QED) is 0.404. The molecule has 3 rings (SSSR count). The van der Waals surface area contributed by atoms with E-state index in [2.05, 4.69) is 21.2 Å². The highest BCUT2D eigenvalue weighted by Gasteiger charge is 2.36. The van der Waals surface area contributed by atoms with Crippen LogP contribution in [0, 0.1) is 0 Å². The molecule has 0 aliphatic carbocycles. The van der Waals surface area contributed by atoms with Crippen molar-refractivity contribution >= 4 is 21.6 Å². The van der Waals surface area contributed by atoms with Crippen LogP contribution in [0.3, 0.4) is 0 Å². The monoisotopic (exact) mass is 580 g/mol. The molecule has 0 amide bonds. The summed E-state index contributed by atoms with van der Waals surface area (Å²) >= 11 is 2.96. The molecule has 2 atom stereocenters. The van der Waals surface area contributed by atoms with Crippen molar-refractivity contribution in [3.63, 3.8) is 0 Å². The van der Waals surface area contributed by atoms with Crippen molar-refractivity contribution in [2.24, 2.45) is 0 Å². The summed E-state index contributed by atoms with van der Waals surface area (Å²) in [6.45, 7) is 3.85. The van der Waals surface area contributed by atoms with Crippen LogP contribution in [-0.2, 0) is 18.9 Å². The predicted octanol–water partition coefficient (Wildman–Crippen LogP) is 6.02. The molecule has 0 saturated carbocycles. The Morgan fingerprint density at radius 2 is 1.67 bits per heavy atom. The lowest BCUT2D eigenvalue weighted by Crippen LogP contribution is -2.51. The van der Waals surface area contributed by atoms with E-state index in [-0.39, 0.29) is 28.7 Å². The zero-order valence-corrected chi connectivity index (χ0v) is 22.2. The molecule has 1 fully saturated rings.